The third-order valence-corrected chi connectivity index (χ3v) is 8.79. The number of amidine groups is 1. The number of carbonyl (C=O) groups excluding carboxylic acids is 1. The fraction of sp³-hybridized carbons (Fsp3) is 0.333. The number of anilines is 1. The summed E-state index contributed by atoms with van der Waals surface area (Å²) in [6.45, 7) is 1.89. The van der Waals surface area contributed by atoms with Crippen molar-refractivity contribution in [3.05, 3.63) is 64.2 Å². The van der Waals surface area contributed by atoms with Gasteiger partial charge in [-0.3, -0.25) is 4.79 Å². The Balaban J connectivity index is 1.72. The molecule has 2 aromatic carbocycles. The van der Waals surface area contributed by atoms with Gasteiger partial charge in [-0.1, -0.05) is 53.2 Å². The van der Waals surface area contributed by atoms with Crippen molar-refractivity contribution < 1.29 is 26.4 Å². The summed E-state index contributed by atoms with van der Waals surface area (Å²) < 4.78 is 64.3. The van der Waals surface area contributed by atoms with E-state index in [0.29, 0.717) is 0 Å². The van der Waals surface area contributed by atoms with Crippen LogP contribution in [0, 0.1) is 6.92 Å². The van der Waals surface area contributed by atoms with Crippen molar-refractivity contribution in [2.24, 2.45) is 4.99 Å². The van der Waals surface area contributed by atoms with E-state index in [0.717, 1.165) is 41.1 Å². The number of aryl methyl sites for hydroxylation is 1. The number of benzene rings is 2. The summed E-state index contributed by atoms with van der Waals surface area (Å²) in [7, 11) is -3.37. The highest BCUT2D eigenvalue weighted by atomic mass is 35.5. The van der Waals surface area contributed by atoms with Crippen LogP contribution in [0.4, 0.5) is 18.9 Å². The van der Waals surface area contributed by atoms with Crippen LogP contribution in [0.25, 0.3) is 0 Å². The van der Waals surface area contributed by atoms with Gasteiger partial charge in [0.15, 0.2) is 15.0 Å². The van der Waals surface area contributed by atoms with Crippen LogP contribution < -0.4 is 4.90 Å². The molecule has 2 heterocycles. The van der Waals surface area contributed by atoms with Gasteiger partial charge in [0.25, 0.3) is 5.91 Å². The zero-order valence-electron chi connectivity index (χ0n) is 16.8. The van der Waals surface area contributed by atoms with E-state index in [1.54, 1.807) is 6.07 Å². The Kier molecular flexibility index (Phi) is 6.06. The molecule has 11 heteroatoms. The summed E-state index contributed by atoms with van der Waals surface area (Å²) in [5.74, 6) is -0.864. The lowest BCUT2D eigenvalue weighted by Crippen LogP contribution is -2.38. The summed E-state index contributed by atoms with van der Waals surface area (Å²) in [6.07, 6.45) is -4.59. The maximum Gasteiger partial charge on any atom is 0.416 e. The second-order valence-electron chi connectivity index (χ2n) is 7.79. The standard InChI is InChI=1S/C21H18ClF3N2O3S2/c1-12-3-2-4-13(7-12)8-19(28)26-20-27(17-10-32(29,30)11-18(17)31-20)16-9-14(21(23,24)25)5-6-15(16)22/h2-7,9,17-18H,8,10-11H2,1H3/t17-,18+/m0/s1. The molecule has 2 fully saturated rings. The van der Waals surface area contributed by atoms with Gasteiger partial charge in [-0.2, -0.15) is 18.2 Å². The first-order valence-corrected chi connectivity index (χ1v) is 12.7. The van der Waals surface area contributed by atoms with E-state index >= 15 is 0 Å². The maximum atomic E-state index is 13.3. The molecule has 0 aliphatic carbocycles. The normalized spacial score (nSPS) is 23.5. The number of fused-ring (bicyclic) bond motifs is 1. The minimum absolute atomic E-state index is 0.0132. The minimum Gasteiger partial charge on any atom is -0.314 e. The molecule has 4 rings (SSSR count). The van der Waals surface area contributed by atoms with Crippen molar-refractivity contribution in [3.63, 3.8) is 0 Å². The zero-order valence-corrected chi connectivity index (χ0v) is 19.2. The predicted octanol–water partition coefficient (Wildman–Crippen LogP) is 4.51. The molecule has 2 aliphatic rings. The lowest BCUT2D eigenvalue weighted by molar-refractivity contribution is -0.137. The lowest BCUT2D eigenvalue weighted by atomic mass is 10.1. The Bertz CT molecular complexity index is 1220. The second kappa shape index (κ2) is 8.39. The predicted molar refractivity (Wildman–Crippen MR) is 120 cm³/mol. The number of hydrogen-bond donors (Lipinski definition) is 0. The number of halogens is 4. The van der Waals surface area contributed by atoms with Gasteiger partial charge in [0.05, 0.1) is 40.2 Å². The van der Waals surface area contributed by atoms with Gasteiger partial charge in [-0.15, -0.1) is 0 Å². The average molecular weight is 503 g/mol. The smallest absolute Gasteiger partial charge is 0.314 e. The fourth-order valence-corrected chi connectivity index (χ4v) is 8.00. The van der Waals surface area contributed by atoms with Gasteiger partial charge in [-0.05, 0) is 30.7 Å². The summed E-state index contributed by atoms with van der Waals surface area (Å²) >= 11 is 7.32. The van der Waals surface area contributed by atoms with Gasteiger partial charge in [-0.25, -0.2) is 8.42 Å². The van der Waals surface area contributed by atoms with E-state index in [1.165, 1.54) is 4.90 Å². The third kappa shape index (κ3) is 4.82. The molecule has 0 saturated carbocycles. The van der Waals surface area contributed by atoms with Crippen LogP contribution >= 0.6 is 23.4 Å². The molecule has 0 bridgehead atoms. The number of aliphatic imine (C=N–C) groups is 1. The van der Waals surface area contributed by atoms with Crippen LogP contribution in [0.1, 0.15) is 16.7 Å². The van der Waals surface area contributed by atoms with Crippen LogP contribution in [0.5, 0.6) is 0 Å². The number of thioether (sulfide) groups is 1. The summed E-state index contributed by atoms with van der Waals surface area (Å²) in [6, 6.07) is 9.54. The van der Waals surface area contributed by atoms with Gasteiger partial charge in [0, 0.05) is 5.25 Å². The number of alkyl halides is 3. The first-order valence-electron chi connectivity index (χ1n) is 9.63. The fourth-order valence-electron chi connectivity index (χ4n) is 3.86. The Morgan fingerprint density at radius 1 is 1.22 bits per heavy atom. The number of amides is 1. The Morgan fingerprint density at radius 3 is 2.66 bits per heavy atom. The highest BCUT2D eigenvalue weighted by Gasteiger charge is 2.50. The highest BCUT2D eigenvalue weighted by Crippen LogP contribution is 2.44. The molecule has 0 aromatic heterocycles. The zero-order chi connectivity index (χ0) is 23.3. The number of rotatable bonds is 3. The molecular formula is C21H18ClF3N2O3S2. The Hall–Kier alpha value is -2.04. The van der Waals surface area contributed by atoms with Crippen molar-refractivity contribution in [1.82, 2.24) is 0 Å². The molecular weight excluding hydrogens is 485 g/mol. The topological polar surface area (TPSA) is 66.8 Å². The molecule has 2 saturated heterocycles. The minimum atomic E-state index is -4.61. The maximum absolute atomic E-state index is 13.3. The number of sulfone groups is 1. The largest absolute Gasteiger partial charge is 0.416 e. The van der Waals surface area contributed by atoms with E-state index < -0.39 is 38.8 Å². The van der Waals surface area contributed by atoms with E-state index in [2.05, 4.69) is 4.99 Å². The van der Waals surface area contributed by atoms with E-state index in [-0.39, 0.29) is 33.8 Å². The van der Waals surface area contributed by atoms with Crippen LogP contribution in [0.2, 0.25) is 5.02 Å². The van der Waals surface area contributed by atoms with E-state index in [4.69, 9.17) is 11.6 Å². The molecule has 0 radical (unpaired) electrons. The monoisotopic (exact) mass is 502 g/mol. The van der Waals surface area contributed by atoms with Gasteiger partial charge >= 0.3 is 6.18 Å². The first kappa shape index (κ1) is 23.1. The molecule has 170 valence electrons. The molecule has 32 heavy (non-hydrogen) atoms. The number of hydrogen-bond acceptors (Lipinski definition) is 4. The van der Waals surface area contributed by atoms with Crippen LogP contribution in [0.3, 0.4) is 0 Å². The van der Waals surface area contributed by atoms with Crippen molar-refractivity contribution in [1.29, 1.82) is 0 Å². The van der Waals surface area contributed by atoms with Crippen molar-refractivity contribution in [3.8, 4) is 0 Å². The molecule has 0 N–H and O–H groups in total. The molecule has 5 nitrogen and oxygen atoms in total. The molecule has 0 spiro atoms. The van der Waals surface area contributed by atoms with Gasteiger partial charge < -0.3 is 4.90 Å². The Labute approximate surface area is 192 Å². The molecule has 1 amide bonds. The van der Waals surface area contributed by atoms with Gasteiger partial charge in [0.1, 0.15) is 0 Å². The molecule has 2 aromatic rings. The molecule has 0 unspecified atom stereocenters. The van der Waals surface area contributed by atoms with Crippen molar-refractivity contribution >= 4 is 50.0 Å². The highest BCUT2D eigenvalue weighted by molar-refractivity contribution is 8.16. The average Bonchev–Trinajstić information content (AvgIpc) is 3.12. The lowest BCUT2D eigenvalue weighted by Gasteiger charge is -2.26. The van der Waals surface area contributed by atoms with Crippen molar-refractivity contribution in [2.75, 3.05) is 16.4 Å². The van der Waals surface area contributed by atoms with Crippen LogP contribution in [-0.4, -0.2) is 42.3 Å². The third-order valence-electron chi connectivity index (χ3n) is 5.26. The summed E-state index contributed by atoms with van der Waals surface area (Å²) in [4.78, 5) is 18.2. The van der Waals surface area contributed by atoms with E-state index in [1.807, 2.05) is 25.1 Å². The number of carbonyl (C=O) groups is 1. The first-order chi connectivity index (χ1) is 14.9. The second-order valence-corrected chi connectivity index (χ2v) is 11.6. The summed E-state index contributed by atoms with van der Waals surface area (Å²) in [5.41, 5.74) is 0.807. The Morgan fingerprint density at radius 2 is 1.97 bits per heavy atom. The van der Waals surface area contributed by atoms with Crippen LogP contribution in [0.15, 0.2) is 47.5 Å². The quantitative estimate of drug-likeness (QED) is 0.617. The summed E-state index contributed by atoms with van der Waals surface area (Å²) in [5, 5.41) is -0.271. The van der Waals surface area contributed by atoms with Gasteiger partial charge in [0.2, 0.25) is 0 Å². The SMILES string of the molecule is Cc1cccc(CC(=O)N=C2S[C@@H]3CS(=O)(=O)C[C@@H]3N2c2cc(C(F)(F)F)ccc2Cl)c1. The number of nitrogens with zero attached hydrogens (tertiary/aromatic N) is 2. The molecule has 2 aliphatic heterocycles. The van der Waals surface area contributed by atoms with E-state index in [9.17, 15) is 26.4 Å². The molecule has 2 atom stereocenters. The van der Waals surface area contributed by atoms with Crippen LogP contribution in [-0.2, 0) is 27.2 Å². The van der Waals surface area contributed by atoms with Crippen molar-refractivity contribution in [2.45, 2.75) is 30.8 Å².